The summed E-state index contributed by atoms with van der Waals surface area (Å²) in [6.07, 6.45) is 0. The van der Waals surface area contributed by atoms with Gasteiger partial charge in [-0.1, -0.05) is 25.5 Å². The van der Waals surface area contributed by atoms with Crippen molar-refractivity contribution < 1.29 is 4.39 Å². The third kappa shape index (κ3) is 2.42. The second-order valence-corrected chi connectivity index (χ2v) is 5.10. The summed E-state index contributed by atoms with van der Waals surface area (Å²) in [6, 6.07) is 8.74. The number of aromatic nitrogens is 1. The Labute approximate surface area is 107 Å². The number of hydrogen-bond donors (Lipinski definition) is 0. The molecule has 0 aliphatic rings. The van der Waals surface area contributed by atoms with Crippen LogP contribution in [-0.2, 0) is 0 Å². The van der Waals surface area contributed by atoms with Crippen LogP contribution in [0.3, 0.4) is 0 Å². The molecule has 0 saturated heterocycles. The van der Waals surface area contributed by atoms with Crippen LogP contribution in [0.5, 0.6) is 0 Å². The minimum Gasteiger partial charge on any atom is -0.248 e. The molecule has 0 unspecified atom stereocenters. The smallest absolute Gasteiger partial charge is 0.125 e. The van der Waals surface area contributed by atoms with E-state index in [-0.39, 0.29) is 5.82 Å². The fourth-order valence-corrected chi connectivity index (χ4v) is 2.37. The first-order chi connectivity index (χ1) is 8.49. The first kappa shape index (κ1) is 12.7. The Kier molecular flexibility index (Phi) is 3.46. The van der Waals surface area contributed by atoms with Crippen LogP contribution >= 0.6 is 0 Å². The molecule has 94 valence electrons. The molecule has 0 bridgehead atoms. The first-order valence-electron chi connectivity index (χ1n) is 6.23. The quantitative estimate of drug-likeness (QED) is 0.736. The average molecular weight is 243 g/mol. The van der Waals surface area contributed by atoms with Crippen LogP contribution in [0.25, 0.3) is 16.5 Å². The number of hydrogen-bond acceptors (Lipinski definition) is 1. The van der Waals surface area contributed by atoms with Crippen molar-refractivity contribution in [3.05, 3.63) is 47.4 Å². The summed E-state index contributed by atoms with van der Waals surface area (Å²) >= 11 is 0. The van der Waals surface area contributed by atoms with Crippen LogP contribution in [0.15, 0.2) is 35.9 Å². The van der Waals surface area contributed by atoms with Gasteiger partial charge in [0.25, 0.3) is 0 Å². The first-order valence-corrected chi connectivity index (χ1v) is 6.23. The molecule has 0 aliphatic heterocycles. The summed E-state index contributed by atoms with van der Waals surface area (Å²) in [4.78, 5) is 4.58. The van der Waals surface area contributed by atoms with Gasteiger partial charge in [-0.3, -0.25) is 0 Å². The number of halogens is 1. The molecular formula is C16H18FN. The number of rotatable bonds is 2. The lowest BCUT2D eigenvalue weighted by atomic mass is 9.95. The fraction of sp³-hybridized carbons (Fsp3) is 0.312. The van der Waals surface area contributed by atoms with Crippen LogP contribution in [0.4, 0.5) is 4.39 Å². The Hall–Kier alpha value is -1.70. The van der Waals surface area contributed by atoms with Gasteiger partial charge in [0, 0.05) is 11.5 Å². The van der Waals surface area contributed by atoms with Crippen molar-refractivity contribution in [1.29, 1.82) is 0 Å². The topological polar surface area (TPSA) is 12.9 Å². The Balaban J connectivity index is 2.62. The van der Waals surface area contributed by atoms with E-state index in [9.17, 15) is 4.39 Å². The lowest BCUT2D eigenvalue weighted by molar-refractivity contribution is 0.629. The Morgan fingerprint density at radius 3 is 2.39 bits per heavy atom. The second kappa shape index (κ2) is 4.89. The minimum atomic E-state index is -0.240. The van der Waals surface area contributed by atoms with Gasteiger partial charge in [-0.2, -0.15) is 0 Å². The van der Waals surface area contributed by atoms with Crippen molar-refractivity contribution in [3.63, 3.8) is 0 Å². The van der Waals surface area contributed by atoms with E-state index in [2.05, 4.69) is 32.7 Å². The zero-order valence-electron chi connectivity index (χ0n) is 11.3. The molecule has 0 atom stereocenters. The predicted octanol–water partition coefficient (Wildman–Crippen LogP) is 4.82. The molecule has 1 aromatic carbocycles. The molecule has 1 nitrogen and oxygen atoms in total. The van der Waals surface area contributed by atoms with Crippen molar-refractivity contribution in [2.45, 2.75) is 27.7 Å². The highest BCUT2D eigenvalue weighted by molar-refractivity contribution is 5.81. The summed E-state index contributed by atoms with van der Waals surface area (Å²) < 4.78 is 13.2. The van der Waals surface area contributed by atoms with E-state index in [1.807, 2.05) is 12.1 Å². The highest BCUT2D eigenvalue weighted by Gasteiger charge is 2.10. The van der Waals surface area contributed by atoms with Gasteiger partial charge in [-0.15, -0.1) is 0 Å². The molecular weight excluding hydrogens is 225 g/mol. The lowest BCUT2D eigenvalue weighted by Crippen LogP contribution is -1.99. The van der Waals surface area contributed by atoms with Crippen LogP contribution in [0.1, 0.15) is 33.4 Å². The van der Waals surface area contributed by atoms with Crippen LogP contribution in [-0.4, -0.2) is 4.98 Å². The molecule has 1 aromatic heterocycles. The normalized spacial score (nSPS) is 11.0. The Morgan fingerprint density at radius 1 is 1.11 bits per heavy atom. The van der Waals surface area contributed by atoms with Gasteiger partial charge in [0.05, 0.1) is 11.2 Å². The molecule has 1 heterocycles. The third-order valence-electron chi connectivity index (χ3n) is 3.05. The Morgan fingerprint density at radius 2 is 1.78 bits per heavy atom. The predicted molar refractivity (Wildman–Crippen MR) is 74.8 cm³/mol. The molecule has 0 spiro atoms. The van der Waals surface area contributed by atoms with E-state index in [0.29, 0.717) is 11.4 Å². The fourth-order valence-electron chi connectivity index (χ4n) is 2.37. The van der Waals surface area contributed by atoms with Gasteiger partial charge in [-0.05, 0) is 43.5 Å². The maximum Gasteiger partial charge on any atom is 0.125 e. The average Bonchev–Trinajstić information content (AvgIpc) is 2.27. The van der Waals surface area contributed by atoms with Crippen LogP contribution in [0.2, 0.25) is 0 Å². The maximum atomic E-state index is 13.2. The van der Waals surface area contributed by atoms with Gasteiger partial charge in [0.1, 0.15) is 5.82 Å². The summed E-state index contributed by atoms with van der Waals surface area (Å²) in [5.74, 6) is 0.170. The summed E-state index contributed by atoms with van der Waals surface area (Å²) in [7, 11) is 0. The molecule has 0 N–H and O–H groups in total. The molecule has 18 heavy (non-hydrogen) atoms. The number of pyridine rings is 1. The molecule has 2 rings (SSSR count). The highest BCUT2D eigenvalue weighted by Crippen LogP contribution is 2.26. The summed E-state index contributed by atoms with van der Waals surface area (Å²) in [6.45, 7) is 8.49. The summed E-state index contributed by atoms with van der Waals surface area (Å²) in [5.41, 5.74) is 4.16. The zero-order valence-corrected chi connectivity index (χ0v) is 11.3. The van der Waals surface area contributed by atoms with Crippen molar-refractivity contribution in [2.24, 2.45) is 5.92 Å². The molecule has 0 amide bonds. The molecule has 0 radical (unpaired) electrons. The molecule has 2 aromatic rings. The molecule has 0 fully saturated rings. The van der Waals surface area contributed by atoms with Gasteiger partial charge < -0.3 is 0 Å². The number of fused-ring (bicyclic) bond motifs is 1. The molecule has 0 aliphatic carbocycles. The zero-order chi connectivity index (χ0) is 13.3. The largest absolute Gasteiger partial charge is 0.248 e. The minimum absolute atomic E-state index is 0.240. The SMILES string of the molecule is CC(C)=C(c1ccc2ccc(F)cc2n1)C(C)C. The monoisotopic (exact) mass is 243 g/mol. The van der Waals surface area contributed by atoms with Gasteiger partial charge in [-0.25, -0.2) is 9.37 Å². The standard InChI is InChI=1S/C16H18FN/c1-10(2)16(11(3)4)14-8-6-12-5-7-13(17)9-15(12)18-14/h5-10H,1-4H3. The van der Waals surface area contributed by atoms with Gasteiger partial charge in [0.2, 0.25) is 0 Å². The van der Waals surface area contributed by atoms with Crippen molar-refractivity contribution in [3.8, 4) is 0 Å². The number of allylic oxidation sites excluding steroid dienone is 2. The van der Waals surface area contributed by atoms with Crippen molar-refractivity contribution in [1.82, 2.24) is 4.98 Å². The van der Waals surface area contributed by atoms with E-state index in [1.165, 1.54) is 23.3 Å². The van der Waals surface area contributed by atoms with Crippen LogP contribution in [0, 0.1) is 11.7 Å². The van der Waals surface area contributed by atoms with E-state index < -0.39 is 0 Å². The van der Waals surface area contributed by atoms with Gasteiger partial charge >= 0.3 is 0 Å². The van der Waals surface area contributed by atoms with Crippen molar-refractivity contribution >= 4 is 16.5 Å². The summed E-state index contributed by atoms with van der Waals surface area (Å²) in [5, 5.41) is 0.969. The number of benzene rings is 1. The van der Waals surface area contributed by atoms with E-state index >= 15 is 0 Å². The van der Waals surface area contributed by atoms with Crippen molar-refractivity contribution in [2.75, 3.05) is 0 Å². The van der Waals surface area contributed by atoms with Crippen LogP contribution < -0.4 is 0 Å². The Bertz CT molecular complexity index is 608. The van der Waals surface area contributed by atoms with E-state index in [0.717, 1.165) is 11.1 Å². The highest BCUT2D eigenvalue weighted by atomic mass is 19.1. The maximum absolute atomic E-state index is 13.2. The second-order valence-electron chi connectivity index (χ2n) is 5.10. The van der Waals surface area contributed by atoms with E-state index in [1.54, 1.807) is 6.07 Å². The number of nitrogens with zero attached hydrogens (tertiary/aromatic N) is 1. The molecule has 2 heteroatoms. The molecule has 0 saturated carbocycles. The third-order valence-corrected chi connectivity index (χ3v) is 3.05. The van der Waals surface area contributed by atoms with E-state index in [4.69, 9.17) is 0 Å². The van der Waals surface area contributed by atoms with Gasteiger partial charge in [0.15, 0.2) is 0 Å². The lowest BCUT2D eigenvalue weighted by Gasteiger charge is -2.14.